The molecular weight excluding hydrogens is 264 g/mol. The van der Waals surface area contributed by atoms with E-state index >= 15 is 0 Å². The van der Waals surface area contributed by atoms with Crippen LogP contribution in [0.2, 0.25) is 0 Å². The molecule has 1 aromatic rings. The van der Waals surface area contributed by atoms with Crippen molar-refractivity contribution in [2.45, 2.75) is 53.0 Å². The summed E-state index contributed by atoms with van der Waals surface area (Å²) >= 11 is 0. The van der Waals surface area contributed by atoms with E-state index in [1.807, 2.05) is 39.8 Å². The molecule has 2 rings (SSSR count). The van der Waals surface area contributed by atoms with Gasteiger partial charge in [0.25, 0.3) is 0 Å². The monoisotopic (exact) mass is 288 g/mol. The van der Waals surface area contributed by atoms with Gasteiger partial charge in [-0.15, -0.1) is 0 Å². The minimum atomic E-state index is -0.860. The lowest BCUT2D eigenvalue weighted by molar-refractivity contribution is -0.134. The zero-order chi connectivity index (χ0) is 15.6. The Bertz CT molecular complexity index is 542. The van der Waals surface area contributed by atoms with Crippen LogP contribution in [0.1, 0.15) is 44.2 Å². The topological polar surface area (TPSA) is 58.2 Å². The van der Waals surface area contributed by atoms with Crippen molar-refractivity contribution in [2.24, 2.45) is 5.41 Å². The highest BCUT2D eigenvalue weighted by Crippen LogP contribution is 2.47. The fourth-order valence-corrected chi connectivity index (χ4v) is 2.44. The molecule has 0 radical (unpaired) electrons. The Labute approximate surface area is 126 Å². The SMILES string of the molecule is CCC(C)NC(=O)C1(C(=O)Nc2cc(C)cc(C)c2)CC1. The minimum absolute atomic E-state index is 0.101. The zero-order valence-corrected chi connectivity index (χ0v) is 13.2. The molecule has 4 nitrogen and oxygen atoms in total. The molecule has 21 heavy (non-hydrogen) atoms. The quantitative estimate of drug-likeness (QED) is 0.818. The number of benzene rings is 1. The van der Waals surface area contributed by atoms with E-state index in [1.165, 1.54) is 0 Å². The van der Waals surface area contributed by atoms with Gasteiger partial charge in [0, 0.05) is 11.7 Å². The van der Waals surface area contributed by atoms with Crippen LogP contribution in [0.4, 0.5) is 5.69 Å². The first-order valence-electron chi connectivity index (χ1n) is 7.58. The molecule has 114 valence electrons. The summed E-state index contributed by atoms with van der Waals surface area (Å²) in [4.78, 5) is 24.7. The van der Waals surface area contributed by atoms with Crippen molar-refractivity contribution in [2.75, 3.05) is 5.32 Å². The second-order valence-corrected chi connectivity index (χ2v) is 6.20. The molecule has 0 aromatic heterocycles. The molecule has 0 spiro atoms. The van der Waals surface area contributed by atoms with E-state index in [2.05, 4.69) is 16.7 Å². The molecule has 0 bridgehead atoms. The Morgan fingerprint density at radius 2 is 1.71 bits per heavy atom. The standard InChI is InChI=1S/C17H24N2O2/c1-5-13(4)18-15(20)17(6-7-17)16(21)19-14-9-11(2)8-12(3)10-14/h8-10,13H,5-7H2,1-4H3,(H,18,20)(H,19,21). The van der Waals surface area contributed by atoms with E-state index in [0.717, 1.165) is 23.2 Å². The summed E-state index contributed by atoms with van der Waals surface area (Å²) in [7, 11) is 0. The number of rotatable bonds is 5. The maximum Gasteiger partial charge on any atom is 0.240 e. The molecule has 1 aliphatic carbocycles. The molecule has 1 unspecified atom stereocenters. The summed E-state index contributed by atoms with van der Waals surface area (Å²) in [5.74, 6) is -0.327. The molecule has 0 heterocycles. The van der Waals surface area contributed by atoms with E-state index in [4.69, 9.17) is 0 Å². The van der Waals surface area contributed by atoms with E-state index < -0.39 is 5.41 Å². The summed E-state index contributed by atoms with van der Waals surface area (Å²) in [6, 6.07) is 6.00. The predicted molar refractivity (Wildman–Crippen MR) is 84.1 cm³/mol. The summed E-state index contributed by atoms with van der Waals surface area (Å²) in [5.41, 5.74) is 2.10. The number of anilines is 1. The van der Waals surface area contributed by atoms with Crippen LogP contribution in [0.5, 0.6) is 0 Å². The Morgan fingerprint density at radius 3 is 2.19 bits per heavy atom. The number of amides is 2. The van der Waals surface area contributed by atoms with Crippen molar-refractivity contribution < 1.29 is 9.59 Å². The number of nitrogens with one attached hydrogen (secondary N) is 2. The van der Waals surface area contributed by atoms with Crippen molar-refractivity contribution in [3.63, 3.8) is 0 Å². The second kappa shape index (κ2) is 5.88. The number of aryl methyl sites for hydroxylation is 2. The van der Waals surface area contributed by atoms with Gasteiger partial charge in [-0.25, -0.2) is 0 Å². The molecule has 1 atom stereocenters. The number of carbonyl (C=O) groups is 2. The highest BCUT2D eigenvalue weighted by atomic mass is 16.2. The summed E-state index contributed by atoms with van der Waals surface area (Å²) < 4.78 is 0. The lowest BCUT2D eigenvalue weighted by Gasteiger charge is -2.18. The van der Waals surface area contributed by atoms with Crippen molar-refractivity contribution in [1.82, 2.24) is 5.32 Å². The van der Waals surface area contributed by atoms with Gasteiger partial charge in [0.1, 0.15) is 5.41 Å². The van der Waals surface area contributed by atoms with Crippen molar-refractivity contribution in [1.29, 1.82) is 0 Å². The molecule has 0 aliphatic heterocycles. The van der Waals surface area contributed by atoms with Gasteiger partial charge in [0.05, 0.1) is 0 Å². The maximum absolute atomic E-state index is 12.5. The van der Waals surface area contributed by atoms with Gasteiger partial charge in [-0.2, -0.15) is 0 Å². The zero-order valence-electron chi connectivity index (χ0n) is 13.2. The third-order valence-electron chi connectivity index (χ3n) is 4.09. The first kappa shape index (κ1) is 15.5. The van der Waals surface area contributed by atoms with Gasteiger partial charge in [-0.3, -0.25) is 9.59 Å². The van der Waals surface area contributed by atoms with Crippen molar-refractivity contribution in [3.05, 3.63) is 29.3 Å². The fourth-order valence-electron chi connectivity index (χ4n) is 2.44. The first-order valence-corrected chi connectivity index (χ1v) is 7.58. The van der Waals surface area contributed by atoms with Crippen LogP contribution >= 0.6 is 0 Å². The molecular formula is C17H24N2O2. The van der Waals surface area contributed by atoms with Crippen molar-refractivity contribution >= 4 is 17.5 Å². The van der Waals surface area contributed by atoms with Gasteiger partial charge in [0.2, 0.25) is 11.8 Å². The first-order chi connectivity index (χ1) is 9.87. The van der Waals surface area contributed by atoms with E-state index in [9.17, 15) is 9.59 Å². The Hall–Kier alpha value is -1.84. The second-order valence-electron chi connectivity index (χ2n) is 6.20. The van der Waals surface area contributed by atoms with Gasteiger partial charge < -0.3 is 10.6 Å². The Balaban J connectivity index is 2.07. The average molecular weight is 288 g/mol. The van der Waals surface area contributed by atoms with Gasteiger partial charge >= 0.3 is 0 Å². The van der Waals surface area contributed by atoms with Crippen LogP contribution in [0.15, 0.2) is 18.2 Å². The van der Waals surface area contributed by atoms with Crippen LogP contribution in [0, 0.1) is 19.3 Å². The molecule has 1 fully saturated rings. The molecule has 2 N–H and O–H groups in total. The summed E-state index contributed by atoms with van der Waals surface area (Å²) in [5, 5.41) is 5.82. The molecule has 1 aliphatic rings. The number of hydrogen-bond acceptors (Lipinski definition) is 2. The van der Waals surface area contributed by atoms with E-state index in [0.29, 0.717) is 12.8 Å². The fraction of sp³-hybridized carbons (Fsp3) is 0.529. The van der Waals surface area contributed by atoms with Crippen LogP contribution < -0.4 is 10.6 Å². The maximum atomic E-state index is 12.5. The molecule has 0 saturated heterocycles. The largest absolute Gasteiger partial charge is 0.353 e. The van der Waals surface area contributed by atoms with Crippen LogP contribution in [0.3, 0.4) is 0 Å². The molecule has 1 aromatic carbocycles. The third-order valence-corrected chi connectivity index (χ3v) is 4.09. The number of hydrogen-bond donors (Lipinski definition) is 2. The predicted octanol–water partition coefficient (Wildman–Crippen LogP) is 2.94. The lowest BCUT2D eigenvalue weighted by atomic mass is 10.0. The van der Waals surface area contributed by atoms with E-state index in [-0.39, 0.29) is 17.9 Å². The molecule has 2 amide bonds. The van der Waals surface area contributed by atoms with Gasteiger partial charge in [0.15, 0.2) is 0 Å². The Kier molecular flexibility index (Phi) is 4.35. The lowest BCUT2D eigenvalue weighted by Crippen LogP contribution is -2.43. The van der Waals surface area contributed by atoms with Crippen LogP contribution in [-0.2, 0) is 9.59 Å². The minimum Gasteiger partial charge on any atom is -0.353 e. The van der Waals surface area contributed by atoms with E-state index in [1.54, 1.807) is 0 Å². The third kappa shape index (κ3) is 3.43. The Morgan fingerprint density at radius 1 is 1.14 bits per heavy atom. The van der Waals surface area contributed by atoms with Gasteiger partial charge in [-0.1, -0.05) is 13.0 Å². The summed E-state index contributed by atoms with van der Waals surface area (Å²) in [6.07, 6.45) is 2.12. The molecule has 1 saturated carbocycles. The highest BCUT2D eigenvalue weighted by Gasteiger charge is 2.56. The molecule has 4 heteroatoms. The number of carbonyl (C=O) groups excluding carboxylic acids is 2. The van der Waals surface area contributed by atoms with Crippen molar-refractivity contribution in [3.8, 4) is 0 Å². The van der Waals surface area contributed by atoms with Crippen LogP contribution in [-0.4, -0.2) is 17.9 Å². The van der Waals surface area contributed by atoms with Crippen LogP contribution in [0.25, 0.3) is 0 Å². The smallest absolute Gasteiger partial charge is 0.240 e. The normalized spacial score (nSPS) is 17.0. The summed E-state index contributed by atoms with van der Waals surface area (Å²) in [6.45, 7) is 7.95. The average Bonchev–Trinajstić information content (AvgIpc) is 3.18. The highest BCUT2D eigenvalue weighted by molar-refractivity contribution is 6.13. The van der Waals surface area contributed by atoms with Gasteiger partial charge in [-0.05, 0) is 63.3 Å².